The Kier molecular flexibility index (Phi) is 12.3. The molecule has 15 nitrogen and oxygen atoms in total. The fourth-order valence-corrected chi connectivity index (χ4v) is 10.8. The lowest BCUT2D eigenvalue weighted by molar-refractivity contribution is -0.143. The summed E-state index contributed by atoms with van der Waals surface area (Å²) < 4.78 is 73.3. The number of amides is 4. The molecule has 1 saturated heterocycles. The van der Waals surface area contributed by atoms with Crippen molar-refractivity contribution in [1.29, 1.82) is 0 Å². The number of alkyl carbamates (subject to hydrolysis) is 1. The molecule has 3 N–H and O–H groups in total. The maximum absolute atomic E-state index is 15.1. The lowest BCUT2D eigenvalue weighted by Gasteiger charge is -2.37. The highest BCUT2D eigenvalue weighted by Crippen LogP contribution is 2.47. The summed E-state index contributed by atoms with van der Waals surface area (Å²) in [6.07, 6.45) is 2.74. The van der Waals surface area contributed by atoms with Crippen LogP contribution in [0.5, 0.6) is 11.6 Å². The summed E-state index contributed by atoms with van der Waals surface area (Å²) in [7, 11) is -2.68. The van der Waals surface area contributed by atoms with E-state index in [9.17, 15) is 31.6 Å². The number of rotatable bonds is 8. The predicted octanol–water partition coefficient (Wildman–Crippen LogP) is 5.89. The van der Waals surface area contributed by atoms with Crippen molar-refractivity contribution in [3.05, 3.63) is 35.5 Å². The number of aryl methyl sites for hydroxylation is 1. The molecule has 2 aromatic rings. The molecule has 7 atom stereocenters. The molecule has 3 heterocycles. The number of benzene rings is 1. The molecule has 5 aliphatic rings. The minimum absolute atomic E-state index is 0.112. The van der Waals surface area contributed by atoms with Crippen LogP contribution in [0.25, 0.3) is 11.0 Å². The van der Waals surface area contributed by atoms with Crippen molar-refractivity contribution in [1.82, 2.24) is 30.2 Å². The molecule has 1 unspecified atom stereocenters. The van der Waals surface area contributed by atoms with Gasteiger partial charge in [0.15, 0.2) is 0 Å². The van der Waals surface area contributed by atoms with E-state index in [0.717, 1.165) is 38.5 Å². The van der Waals surface area contributed by atoms with E-state index in [1.54, 1.807) is 40.0 Å². The zero-order valence-corrected chi connectivity index (χ0v) is 37.5. The standard InChI is InChI=1S/C44H60F2N6O9S/c1-8-28-32-24-52(34(28)36(53)50-44(23-26(44)21-33(45)46)39(55)51-62(57,58)42(5)19-20-42)38(54)35(41(2,3)4)49-40(56)61-43(6)18-12-14-25(43)13-10-9-11-15-30-37(60-32)48-31-22-27(59-7)16-17-29(31)47-30/h16-17,21-22,25,28,32-35H,8-15,18-20,23-24H2,1-7H3,(H,49,56)(H,50,53)(H,51,55)/b26-21+/t25-,28-,32+,34?,35-,43-,44-/m1/s1. The van der Waals surface area contributed by atoms with Gasteiger partial charge in [0.25, 0.3) is 12.3 Å². The van der Waals surface area contributed by atoms with Crippen LogP contribution in [0, 0.1) is 17.3 Å². The number of methoxy groups -OCH3 is 1. The Bertz CT molecular complexity index is 2250. The number of nitrogens with one attached hydrogen (secondary N) is 3. The number of alkyl halides is 2. The van der Waals surface area contributed by atoms with Crippen LogP contribution in [-0.4, -0.2) is 101 Å². The smallest absolute Gasteiger partial charge is 0.408 e. The van der Waals surface area contributed by atoms with E-state index >= 15 is 4.79 Å². The van der Waals surface area contributed by atoms with Crippen LogP contribution in [-0.2, 0) is 35.6 Å². The third-order valence-corrected chi connectivity index (χ3v) is 16.0. The summed E-state index contributed by atoms with van der Waals surface area (Å²) in [5.74, 6) is -2.55. The Labute approximate surface area is 361 Å². The summed E-state index contributed by atoms with van der Waals surface area (Å²) >= 11 is 0. The fourth-order valence-electron chi connectivity index (χ4n) is 9.52. The van der Waals surface area contributed by atoms with E-state index in [0.29, 0.717) is 54.2 Å². The van der Waals surface area contributed by atoms with Gasteiger partial charge in [0.2, 0.25) is 27.7 Å². The number of ether oxygens (including phenoxy) is 3. The third kappa shape index (κ3) is 8.94. The van der Waals surface area contributed by atoms with Crippen molar-refractivity contribution in [3.8, 4) is 11.6 Å². The molecule has 2 aliphatic heterocycles. The van der Waals surface area contributed by atoms with Gasteiger partial charge in [-0.2, -0.15) is 0 Å². The molecular weight excluding hydrogens is 827 g/mol. The highest BCUT2D eigenvalue weighted by atomic mass is 32.2. The molecule has 0 spiro atoms. The number of allylic oxidation sites excluding steroid dienone is 1. The van der Waals surface area contributed by atoms with E-state index in [2.05, 4.69) is 10.6 Å². The first-order chi connectivity index (χ1) is 29.1. The van der Waals surface area contributed by atoms with Crippen LogP contribution < -0.4 is 24.8 Å². The third-order valence-electron chi connectivity index (χ3n) is 13.8. The largest absolute Gasteiger partial charge is 0.497 e. The minimum atomic E-state index is -4.22. The van der Waals surface area contributed by atoms with Crippen LogP contribution in [0.1, 0.15) is 118 Å². The Morgan fingerprint density at radius 1 is 1.06 bits per heavy atom. The first-order valence-corrected chi connectivity index (χ1v) is 23.3. The highest BCUT2D eigenvalue weighted by Gasteiger charge is 2.62. The van der Waals surface area contributed by atoms with Gasteiger partial charge in [0.1, 0.15) is 40.8 Å². The second kappa shape index (κ2) is 16.8. The van der Waals surface area contributed by atoms with Crippen molar-refractivity contribution in [2.24, 2.45) is 17.3 Å². The molecule has 3 saturated carbocycles. The number of nitrogens with zero attached hydrogens (tertiary/aromatic N) is 3. The Morgan fingerprint density at radius 3 is 2.45 bits per heavy atom. The number of halogens is 2. The maximum atomic E-state index is 15.1. The average Bonchev–Trinajstić information content (AvgIpc) is 4.03. The number of carbonyl (C=O) groups is 4. The van der Waals surface area contributed by atoms with E-state index in [-0.39, 0.29) is 36.8 Å². The summed E-state index contributed by atoms with van der Waals surface area (Å²) in [5.41, 5.74) is -2.21. The van der Waals surface area contributed by atoms with Gasteiger partial charge in [-0.15, -0.1) is 0 Å². The number of carbonyl (C=O) groups excluding carboxylic acids is 4. The number of sulfonamides is 1. The summed E-state index contributed by atoms with van der Waals surface area (Å²) in [4.78, 5) is 68.9. The maximum Gasteiger partial charge on any atom is 0.408 e. The van der Waals surface area contributed by atoms with E-state index in [1.165, 1.54) is 11.8 Å². The summed E-state index contributed by atoms with van der Waals surface area (Å²) in [6.45, 7) is 10.4. The predicted molar refractivity (Wildman–Crippen MR) is 225 cm³/mol. The second-order valence-electron chi connectivity index (χ2n) is 19.3. The van der Waals surface area contributed by atoms with Gasteiger partial charge in [-0.25, -0.2) is 32.0 Å². The average molecular weight is 887 g/mol. The van der Waals surface area contributed by atoms with Crippen molar-refractivity contribution in [2.75, 3.05) is 13.7 Å². The number of aromatic nitrogens is 2. The number of hydrogen-bond acceptors (Lipinski definition) is 11. The van der Waals surface area contributed by atoms with Crippen LogP contribution >= 0.6 is 0 Å². The van der Waals surface area contributed by atoms with E-state index < -0.39 is 85.7 Å². The zero-order valence-electron chi connectivity index (χ0n) is 36.6. The van der Waals surface area contributed by atoms with Gasteiger partial charge < -0.3 is 29.7 Å². The molecule has 62 heavy (non-hydrogen) atoms. The molecule has 1 aromatic carbocycles. The Morgan fingerprint density at radius 2 is 1.79 bits per heavy atom. The molecule has 340 valence electrons. The normalized spacial score (nSPS) is 30.9. The van der Waals surface area contributed by atoms with Crippen molar-refractivity contribution >= 4 is 44.9 Å². The molecule has 4 amide bonds. The van der Waals surface area contributed by atoms with Gasteiger partial charge in [-0.1, -0.05) is 40.5 Å². The number of hydrogen-bond donors (Lipinski definition) is 3. The summed E-state index contributed by atoms with van der Waals surface area (Å²) in [5, 5.41) is 5.47. The molecule has 2 bridgehead atoms. The minimum Gasteiger partial charge on any atom is -0.497 e. The molecule has 4 fully saturated rings. The van der Waals surface area contributed by atoms with Crippen molar-refractivity contribution in [2.45, 2.75) is 159 Å². The first kappa shape index (κ1) is 45.4. The monoisotopic (exact) mass is 886 g/mol. The van der Waals surface area contributed by atoms with Gasteiger partial charge >= 0.3 is 6.09 Å². The van der Waals surface area contributed by atoms with Crippen molar-refractivity contribution in [3.63, 3.8) is 0 Å². The van der Waals surface area contributed by atoms with Crippen LogP contribution in [0.2, 0.25) is 0 Å². The fraction of sp³-hybridized carbons (Fsp3) is 0.682. The molecule has 3 aliphatic carbocycles. The van der Waals surface area contributed by atoms with Crippen LogP contribution in [0.15, 0.2) is 29.8 Å². The van der Waals surface area contributed by atoms with E-state index in [1.807, 2.05) is 24.6 Å². The van der Waals surface area contributed by atoms with Gasteiger partial charge in [-0.3, -0.25) is 19.1 Å². The van der Waals surface area contributed by atoms with Crippen LogP contribution in [0.4, 0.5) is 13.6 Å². The van der Waals surface area contributed by atoms with Gasteiger partial charge in [0, 0.05) is 18.4 Å². The van der Waals surface area contributed by atoms with Crippen LogP contribution in [0.3, 0.4) is 0 Å². The molecule has 0 radical (unpaired) electrons. The lowest BCUT2D eigenvalue weighted by Crippen LogP contribution is -2.61. The van der Waals surface area contributed by atoms with E-state index in [4.69, 9.17) is 24.2 Å². The molecule has 18 heteroatoms. The highest BCUT2D eigenvalue weighted by molar-refractivity contribution is 7.91. The molecule has 1 aromatic heterocycles. The molecular formula is C44H60F2N6O9S. The Hall–Kier alpha value is -4.61. The lowest BCUT2D eigenvalue weighted by atomic mass is 9.85. The topological polar surface area (TPSA) is 195 Å². The Balaban J connectivity index is 1.30. The first-order valence-electron chi connectivity index (χ1n) is 21.8. The van der Waals surface area contributed by atoms with Gasteiger partial charge in [0.05, 0.1) is 29.4 Å². The van der Waals surface area contributed by atoms with Crippen molar-refractivity contribution < 1.29 is 50.6 Å². The quantitative estimate of drug-likeness (QED) is 0.268. The zero-order chi connectivity index (χ0) is 45.0. The molecule has 7 rings (SSSR count). The summed E-state index contributed by atoms with van der Waals surface area (Å²) in [6, 6.07) is 2.76. The number of fused-ring (bicyclic) bond motifs is 5. The second-order valence-corrected chi connectivity index (χ2v) is 21.5. The van der Waals surface area contributed by atoms with Gasteiger partial charge in [-0.05, 0) is 107 Å². The SMILES string of the molecule is CC[C@H]1C(C(=O)N[C@]2(C(=O)NS(=O)(=O)C3(C)CC3)C/C2=C\C(F)F)N2C[C@@H]1Oc1nc3cc(OC)ccc3nc1CCCCC[C@@H]1CCC[C@@]1(C)OC(=O)N[C@@H](C(C)(C)C)C2=O.